The number of halogens is 4. The van der Waals surface area contributed by atoms with Gasteiger partial charge < -0.3 is 20.1 Å². The number of nitrogens with one attached hydrogen (secondary N) is 2. The Morgan fingerprint density at radius 3 is 2.65 bits per heavy atom. The highest BCUT2D eigenvalue weighted by Crippen LogP contribution is 2.18. The van der Waals surface area contributed by atoms with Gasteiger partial charge in [0, 0.05) is 13.7 Å². The van der Waals surface area contributed by atoms with Crippen molar-refractivity contribution in [1.29, 1.82) is 0 Å². The maximum absolute atomic E-state index is 11.8. The highest BCUT2D eigenvalue weighted by molar-refractivity contribution is 5.85. The molecule has 9 heteroatoms. The molecule has 0 bridgehead atoms. The third-order valence-corrected chi connectivity index (χ3v) is 2.88. The molecule has 1 heterocycles. The van der Waals surface area contributed by atoms with E-state index in [1.807, 2.05) is 0 Å². The van der Waals surface area contributed by atoms with Crippen LogP contribution in [0.15, 0.2) is 0 Å². The molecular weight excluding hydrogens is 301 g/mol. The van der Waals surface area contributed by atoms with Gasteiger partial charge in [-0.3, -0.25) is 4.79 Å². The van der Waals surface area contributed by atoms with E-state index in [0.717, 1.165) is 19.4 Å². The van der Waals surface area contributed by atoms with Gasteiger partial charge in [-0.1, -0.05) is 0 Å². The number of rotatable bonds is 7. The smallest absolute Gasteiger partial charge is 0.383 e. The summed E-state index contributed by atoms with van der Waals surface area (Å²) in [5.41, 5.74) is -0.325. The first-order chi connectivity index (χ1) is 8.87. The van der Waals surface area contributed by atoms with Crippen molar-refractivity contribution in [2.75, 3.05) is 40.0 Å². The van der Waals surface area contributed by atoms with E-state index < -0.39 is 25.3 Å². The van der Waals surface area contributed by atoms with Gasteiger partial charge in [-0.15, -0.1) is 12.4 Å². The number of amides is 1. The van der Waals surface area contributed by atoms with Gasteiger partial charge >= 0.3 is 6.18 Å². The van der Waals surface area contributed by atoms with Crippen LogP contribution in [0, 0.1) is 0 Å². The Kier molecular flexibility index (Phi) is 8.41. The van der Waals surface area contributed by atoms with Crippen LogP contribution in [0.2, 0.25) is 0 Å². The number of hydrogen-bond donors (Lipinski definition) is 2. The number of methoxy groups -OCH3 is 1. The van der Waals surface area contributed by atoms with Crippen LogP contribution in [0.25, 0.3) is 0 Å². The van der Waals surface area contributed by atoms with Crippen LogP contribution in [0.5, 0.6) is 0 Å². The summed E-state index contributed by atoms with van der Waals surface area (Å²) in [6, 6.07) is 0. The maximum atomic E-state index is 11.8. The third-order valence-electron chi connectivity index (χ3n) is 2.88. The molecule has 0 saturated carbocycles. The molecule has 1 aliphatic heterocycles. The second-order valence-electron chi connectivity index (χ2n) is 4.63. The minimum atomic E-state index is -4.41. The van der Waals surface area contributed by atoms with Crippen molar-refractivity contribution < 1.29 is 27.4 Å². The lowest BCUT2D eigenvalue weighted by atomic mass is 9.99. The summed E-state index contributed by atoms with van der Waals surface area (Å²) in [4.78, 5) is 11.4. The van der Waals surface area contributed by atoms with Crippen LogP contribution in [0.3, 0.4) is 0 Å². The molecule has 1 unspecified atom stereocenters. The van der Waals surface area contributed by atoms with Gasteiger partial charge in [0.05, 0.1) is 12.1 Å². The minimum Gasteiger partial charge on any atom is -0.383 e. The van der Waals surface area contributed by atoms with E-state index in [1.165, 1.54) is 0 Å². The molecule has 120 valence electrons. The molecule has 0 aromatic carbocycles. The van der Waals surface area contributed by atoms with E-state index in [0.29, 0.717) is 13.2 Å². The lowest BCUT2D eigenvalue weighted by molar-refractivity contribution is -0.175. The number of ether oxygens (including phenoxy) is 2. The molecule has 1 saturated heterocycles. The zero-order valence-electron chi connectivity index (χ0n) is 11.2. The van der Waals surface area contributed by atoms with E-state index in [4.69, 9.17) is 4.74 Å². The molecule has 0 aromatic heterocycles. The molecule has 1 fully saturated rings. The molecule has 0 spiro atoms. The summed E-state index contributed by atoms with van der Waals surface area (Å²) in [6.45, 7) is -0.417. The lowest BCUT2D eigenvalue weighted by Gasteiger charge is -2.28. The van der Waals surface area contributed by atoms with Crippen LogP contribution < -0.4 is 10.6 Å². The average Bonchev–Trinajstić information content (AvgIpc) is 2.74. The van der Waals surface area contributed by atoms with Crippen LogP contribution in [-0.2, 0) is 14.3 Å². The Balaban J connectivity index is 0.00000361. The van der Waals surface area contributed by atoms with Gasteiger partial charge in [-0.25, -0.2) is 0 Å². The molecule has 1 atom stereocenters. The molecule has 1 amide bonds. The SMILES string of the molecule is COCC1(CNC(=O)COCC(F)(F)F)CCCN1.Cl. The molecule has 0 aliphatic carbocycles. The highest BCUT2D eigenvalue weighted by Gasteiger charge is 2.34. The summed E-state index contributed by atoms with van der Waals surface area (Å²) < 4.78 is 44.8. The van der Waals surface area contributed by atoms with E-state index in [-0.39, 0.29) is 17.9 Å². The molecule has 1 rings (SSSR count). The quantitative estimate of drug-likeness (QED) is 0.731. The fraction of sp³-hybridized carbons (Fsp3) is 0.909. The standard InChI is InChI=1S/C11H19F3N2O3.ClH/c1-18-7-10(3-2-4-16-10)6-15-9(17)5-19-8-11(12,13)14;/h16H,2-8H2,1H3,(H,15,17);1H. The average molecular weight is 321 g/mol. The van der Waals surface area contributed by atoms with E-state index in [1.54, 1.807) is 7.11 Å². The summed E-state index contributed by atoms with van der Waals surface area (Å²) in [6.07, 6.45) is -2.58. The normalized spacial score (nSPS) is 22.4. The Hall–Kier alpha value is -0.570. The van der Waals surface area contributed by atoms with Crippen LogP contribution in [-0.4, -0.2) is 57.6 Å². The molecule has 1 aliphatic rings. The van der Waals surface area contributed by atoms with Gasteiger partial charge in [0.1, 0.15) is 13.2 Å². The number of carbonyl (C=O) groups is 1. The molecular formula is C11H20ClF3N2O3. The van der Waals surface area contributed by atoms with E-state index in [2.05, 4.69) is 15.4 Å². The van der Waals surface area contributed by atoms with Gasteiger partial charge in [0.2, 0.25) is 5.91 Å². The van der Waals surface area contributed by atoms with Crippen LogP contribution in [0.4, 0.5) is 13.2 Å². The van der Waals surface area contributed by atoms with Gasteiger partial charge in [-0.2, -0.15) is 13.2 Å². The van der Waals surface area contributed by atoms with Crippen molar-refractivity contribution in [3.05, 3.63) is 0 Å². The largest absolute Gasteiger partial charge is 0.411 e. The number of alkyl halides is 3. The number of hydrogen-bond acceptors (Lipinski definition) is 4. The molecule has 20 heavy (non-hydrogen) atoms. The lowest BCUT2D eigenvalue weighted by Crippen LogP contribution is -2.53. The Bertz CT molecular complexity index is 297. The first-order valence-corrected chi connectivity index (χ1v) is 6.02. The summed E-state index contributed by atoms with van der Waals surface area (Å²) in [7, 11) is 1.57. The third kappa shape index (κ3) is 7.28. The van der Waals surface area contributed by atoms with Gasteiger partial charge in [0.25, 0.3) is 0 Å². The fourth-order valence-corrected chi connectivity index (χ4v) is 2.05. The van der Waals surface area contributed by atoms with Crippen molar-refractivity contribution in [3.63, 3.8) is 0 Å². The Morgan fingerprint density at radius 1 is 1.45 bits per heavy atom. The first kappa shape index (κ1) is 19.4. The molecule has 5 nitrogen and oxygen atoms in total. The fourth-order valence-electron chi connectivity index (χ4n) is 2.05. The second-order valence-corrected chi connectivity index (χ2v) is 4.63. The van der Waals surface area contributed by atoms with Crippen molar-refractivity contribution in [1.82, 2.24) is 10.6 Å². The molecule has 0 radical (unpaired) electrons. The predicted molar refractivity (Wildman–Crippen MR) is 69.0 cm³/mol. The van der Waals surface area contributed by atoms with Crippen LogP contribution >= 0.6 is 12.4 Å². The van der Waals surface area contributed by atoms with E-state index in [9.17, 15) is 18.0 Å². The second kappa shape index (κ2) is 8.66. The summed E-state index contributed by atoms with van der Waals surface area (Å²) >= 11 is 0. The predicted octanol–water partition coefficient (Wildman–Crippen LogP) is 0.872. The number of carbonyl (C=O) groups excluding carboxylic acids is 1. The minimum absolute atomic E-state index is 0. The zero-order valence-corrected chi connectivity index (χ0v) is 12.0. The Labute approximate surface area is 122 Å². The monoisotopic (exact) mass is 320 g/mol. The van der Waals surface area contributed by atoms with Crippen molar-refractivity contribution in [2.24, 2.45) is 0 Å². The van der Waals surface area contributed by atoms with Gasteiger partial charge in [-0.05, 0) is 19.4 Å². The Morgan fingerprint density at radius 2 is 2.15 bits per heavy atom. The first-order valence-electron chi connectivity index (χ1n) is 6.02. The maximum Gasteiger partial charge on any atom is 0.411 e. The van der Waals surface area contributed by atoms with Crippen LogP contribution in [0.1, 0.15) is 12.8 Å². The van der Waals surface area contributed by atoms with Gasteiger partial charge in [0.15, 0.2) is 0 Å². The van der Waals surface area contributed by atoms with Crippen molar-refractivity contribution >= 4 is 18.3 Å². The summed E-state index contributed by atoms with van der Waals surface area (Å²) in [5, 5.41) is 5.81. The topological polar surface area (TPSA) is 59.6 Å². The summed E-state index contributed by atoms with van der Waals surface area (Å²) in [5.74, 6) is -0.562. The molecule has 2 N–H and O–H groups in total. The van der Waals surface area contributed by atoms with E-state index >= 15 is 0 Å². The highest BCUT2D eigenvalue weighted by atomic mass is 35.5. The van der Waals surface area contributed by atoms with Crippen molar-refractivity contribution in [2.45, 2.75) is 24.6 Å². The zero-order chi connectivity index (χ0) is 14.4. The molecule has 0 aromatic rings. The van der Waals surface area contributed by atoms with Crippen molar-refractivity contribution in [3.8, 4) is 0 Å².